The Morgan fingerprint density at radius 3 is 2.74 bits per heavy atom. The first-order valence-corrected chi connectivity index (χ1v) is 9.75. The number of urea groups is 1. The molecule has 2 N–H and O–H groups in total. The molecule has 1 fully saturated rings. The van der Waals surface area contributed by atoms with Crippen molar-refractivity contribution in [3.8, 4) is 0 Å². The van der Waals surface area contributed by atoms with Gasteiger partial charge in [-0.25, -0.2) is 9.48 Å². The lowest BCUT2D eigenvalue weighted by molar-refractivity contribution is 0.0724. The predicted molar refractivity (Wildman–Crippen MR) is 104 cm³/mol. The lowest BCUT2D eigenvalue weighted by atomic mass is 10.1. The molecule has 1 atom stereocenters. The van der Waals surface area contributed by atoms with E-state index in [9.17, 15) is 9.59 Å². The molecule has 0 unspecified atom stereocenters. The zero-order valence-corrected chi connectivity index (χ0v) is 16.1. The molecule has 0 saturated carbocycles. The van der Waals surface area contributed by atoms with Gasteiger partial charge in [-0.2, -0.15) is 0 Å². The molecular weight excluding hydrogens is 344 g/mol. The van der Waals surface area contributed by atoms with Crippen LogP contribution < -0.4 is 10.6 Å². The van der Waals surface area contributed by atoms with E-state index < -0.39 is 0 Å². The fraction of sp³-hybridized carbons (Fsp3) is 0.579. The van der Waals surface area contributed by atoms with Crippen LogP contribution in [0.4, 0.5) is 4.79 Å². The minimum atomic E-state index is -0.178. The van der Waals surface area contributed by atoms with Crippen LogP contribution in [0.5, 0.6) is 0 Å². The van der Waals surface area contributed by atoms with Crippen LogP contribution >= 0.6 is 0 Å². The number of amides is 3. The third kappa shape index (κ3) is 4.75. The molecule has 8 heteroatoms. The number of fused-ring (bicyclic) bond motifs is 1. The summed E-state index contributed by atoms with van der Waals surface area (Å²) < 4.78 is 1.74. The molecule has 0 bridgehead atoms. The van der Waals surface area contributed by atoms with Gasteiger partial charge in [0.1, 0.15) is 5.52 Å². The van der Waals surface area contributed by atoms with Gasteiger partial charge in [-0.3, -0.25) is 4.79 Å². The molecule has 3 amide bonds. The molecule has 0 aliphatic carbocycles. The molecule has 27 heavy (non-hydrogen) atoms. The van der Waals surface area contributed by atoms with Gasteiger partial charge in [0.05, 0.1) is 12.1 Å². The van der Waals surface area contributed by atoms with Crippen LogP contribution in [0.1, 0.15) is 49.9 Å². The van der Waals surface area contributed by atoms with Gasteiger partial charge in [0.25, 0.3) is 5.91 Å². The molecule has 0 spiro atoms. The summed E-state index contributed by atoms with van der Waals surface area (Å²) in [5, 5.41) is 14.0. The van der Waals surface area contributed by atoms with Crippen molar-refractivity contribution in [2.45, 2.75) is 52.1 Å². The van der Waals surface area contributed by atoms with Crippen LogP contribution in [0.3, 0.4) is 0 Å². The summed E-state index contributed by atoms with van der Waals surface area (Å²) >= 11 is 0. The van der Waals surface area contributed by atoms with Crippen molar-refractivity contribution in [2.24, 2.45) is 0 Å². The van der Waals surface area contributed by atoms with Gasteiger partial charge in [0.2, 0.25) is 0 Å². The maximum Gasteiger partial charge on any atom is 0.315 e. The number of hydrogen-bond donors (Lipinski definition) is 2. The third-order valence-corrected chi connectivity index (χ3v) is 5.00. The van der Waals surface area contributed by atoms with Crippen molar-refractivity contribution in [3.63, 3.8) is 0 Å². The number of carbonyl (C=O) groups is 2. The van der Waals surface area contributed by atoms with E-state index in [-0.39, 0.29) is 18.0 Å². The lowest BCUT2D eigenvalue weighted by Crippen LogP contribution is -2.41. The second-order valence-electron chi connectivity index (χ2n) is 7.08. The molecule has 1 aromatic heterocycles. The summed E-state index contributed by atoms with van der Waals surface area (Å²) in [4.78, 5) is 26.3. The number of likely N-dealkylation sites (tertiary alicyclic amines) is 1. The van der Waals surface area contributed by atoms with E-state index in [0.717, 1.165) is 37.9 Å². The van der Waals surface area contributed by atoms with Crippen LogP contribution in [-0.2, 0) is 6.54 Å². The van der Waals surface area contributed by atoms with Crippen LogP contribution in [0, 0.1) is 0 Å². The van der Waals surface area contributed by atoms with Crippen LogP contribution in [0.2, 0.25) is 0 Å². The normalized spacial score (nSPS) is 15.6. The molecule has 1 aliphatic rings. The Balaban J connectivity index is 1.60. The number of piperidine rings is 1. The van der Waals surface area contributed by atoms with E-state index in [4.69, 9.17) is 0 Å². The predicted octanol–water partition coefficient (Wildman–Crippen LogP) is 2.16. The molecule has 1 aromatic carbocycles. The maximum atomic E-state index is 12.6. The molecule has 3 rings (SSSR count). The van der Waals surface area contributed by atoms with Gasteiger partial charge in [0.15, 0.2) is 0 Å². The van der Waals surface area contributed by atoms with Gasteiger partial charge in [-0.1, -0.05) is 12.1 Å². The number of aromatic nitrogens is 3. The minimum absolute atomic E-state index is 0.0644. The molecular formula is C19H28N6O2. The van der Waals surface area contributed by atoms with Crippen molar-refractivity contribution >= 4 is 23.0 Å². The summed E-state index contributed by atoms with van der Waals surface area (Å²) in [6, 6.07) is 5.49. The summed E-state index contributed by atoms with van der Waals surface area (Å²) in [5.74, 6) is 0.0644. The van der Waals surface area contributed by atoms with Crippen molar-refractivity contribution in [1.82, 2.24) is 30.5 Å². The standard InChI is InChI=1S/C19H28N6O2/c1-3-14(2)21-19(27)20-9-12-25-17-8-7-15(13-16(17)22-23-25)18(26)24-10-5-4-6-11-24/h7-8,13-14H,3-6,9-12H2,1-2H3,(H2,20,21,27)/t14-/m1/s1. The molecule has 1 aliphatic heterocycles. The van der Waals surface area contributed by atoms with Crippen molar-refractivity contribution in [2.75, 3.05) is 19.6 Å². The highest BCUT2D eigenvalue weighted by atomic mass is 16.2. The summed E-state index contributed by atoms with van der Waals surface area (Å²) in [7, 11) is 0. The van der Waals surface area contributed by atoms with E-state index in [1.54, 1.807) is 10.7 Å². The number of benzene rings is 1. The van der Waals surface area contributed by atoms with E-state index in [1.807, 2.05) is 30.9 Å². The number of carbonyl (C=O) groups excluding carboxylic acids is 2. The molecule has 2 aromatic rings. The van der Waals surface area contributed by atoms with Crippen LogP contribution in [0.15, 0.2) is 18.2 Å². The number of nitrogens with zero attached hydrogens (tertiary/aromatic N) is 4. The Hall–Kier alpha value is -2.64. The fourth-order valence-corrected chi connectivity index (χ4v) is 3.20. The van der Waals surface area contributed by atoms with Crippen molar-refractivity contribution in [3.05, 3.63) is 23.8 Å². The van der Waals surface area contributed by atoms with Gasteiger partial charge < -0.3 is 15.5 Å². The van der Waals surface area contributed by atoms with Crippen LogP contribution in [0.25, 0.3) is 11.0 Å². The first-order chi connectivity index (χ1) is 13.1. The largest absolute Gasteiger partial charge is 0.339 e. The molecule has 1 saturated heterocycles. The topological polar surface area (TPSA) is 92.1 Å². The summed E-state index contributed by atoms with van der Waals surface area (Å²) in [5.41, 5.74) is 2.21. The minimum Gasteiger partial charge on any atom is -0.339 e. The zero-order chi connectivity index (χ0) is 19.2. The highest BCUT2D eigenvalue weighted by Crippen LogP contribution is 2.17. The average molecular weight is 372 g/mol. The Kier molecular flexibility index (Phi) is 6.26. The number of rotatable bonds is 6. The third-order valence-electron chi connectivity index (χ3n) is 5.00. The molecule has 8 nitrogen and oxygen atoms in total. The molecule has 0 radical (unpaired) electrons. The summed E-state index contributed by atoms with van der Waals surface area (Å²) in [6.07, 6.45) is 4.23. The van der Waals surface area contributed by atoms with Gasteiger partial charge in [0, 0.05) is 31.2 Å². The van der Waals surface area contributed by atoms with E-state index >= 15 is 0 Å². The number of nitrogens with one attached hydrogen (secondary N) is 2. The Morgan fingerprint density at radius 2 is 2.00 bits per heavy atom. The quantitative estimate of drug-likeness (QED) is 0.813. The first-order valence-electron chi connectivity index (χ1n) is 9.75. The summed E-state index contributed by atoms with van der Waals surface area (Å²) in [6.45, 7) is 6.62. The van der Waals surface area contributed by atoms with E-state index in [1.165, 1.54) is 6.42 Å². The van der Waals surface area contributed by atoms with Gasteiger partial charge in [-0.05, 0) is 50.8 Å². The Bertz CT molecular complexity index is 797. The lowest BCUT2D eigenvalue weighted by Gasteiger charge is -2.26. The second-order valence-corrected chi connectivity index (χ2v) is 7.08. The monoisotopic (exact) mass is 372 g/mol. The van der Waals surface area contributed by atoms with Crippen LogP contribution in [-0.4, -0.2) is 57.5 Å². The zero-order valence-electron chi connectivity index (χ0n) is 16.1. The van der Waals surface area contributed by atoms with Crippen molar-refractivity contribution < 1.29 is 9.59 Å². The maximum absolute atomic E-state index is 12.6. The Morgan fingerprint density at radius 1 is 1.22 bits per heavy atom. The second kappa shape index (κ2) is 8.83. The smallest absolute Gasteiger partial charge is 0.315 e. The number of hydrogen-bond acceptors (Lipinski definition) is 4. The fourth-order valence-electron chi connectivity index (χ4n) is 3.20. The van der Waals surface area contributed by atoms with Gasteiger partial charge >= 0.3 is 6.03 Å². The Labute approximate surface area is 159 Å². The SMILES string of the molecule is CC[C@@H](C)NC(=O)NCCn1nnc2cc(C(=O)N3CCCCC3)ccc21. The van der Waals surface area contributed by atoms with E-state index in [0.29, 0.717) is 24.2 Å². The highest BCUT2D eigenvalue weighted by Gasteiger charge is 2.19. The molecule has 146 valence electrons. The molecule has 2 heterocycles. The van der Waals surface area contributed by atoms with E-state index in [2.05, 4.69) is 20.9 Å². The average Bonchev–Trinajstić information content (AvgIpc) is 3.10. The van der Waals surface area contributed by atoms with Crippen molar-refractivity contribution in [1.29, 1.82) is 0 Å². The highest BCUT2D eigenvalue weighted by molar-refractivity contribution is 5.97. The first kappa shape index (κ1) is 19.1. The van der Waals surface area contributed by atoms with Gasteiger partial charge in [-0.15, -0.1) is 5.10 Å².